The maximum absolute atomic E-state index is 9.10. The van der Waals surface area contributed by atoms with E-state index in [4.69, 9.17) is 19.8 Å². The average molecular weight is 306 g/mol. The van der Waals surface area contributed by atoms with Gasteiger partial charge in [0.05, 0.1) is 0 Å². The van der Waals surface area contributed by atoms with E-state index in [9.17, 15) is 0 Å². The summed E-state index contributed by atoms with van der Waals surface area (Å²) in [5.74, 6) is -3.65. The number of piperazine rings is 1. The summed E-state index contributed by atoms with van der Waals surface area (Å²) in [6.45, 7) is 5.84. The standard InChI is InChI=1S/C14H20N2.C2H2O4/c1-15-10-12-16(13-11-15)9-5-8-14-6-3-2-4-7-14;3-1(4)2(5)6/h2-8H,9-13H2,1H3;(H,3,4)(H,5,6)/b8-5+;. The van der Waals surface area contributed by atoms with Crippen LogP contribution in [0.3, 0.4) is 0 Å². The van der Waals surface area contributed by atoms with Gasteiger partial charge in [-0.05, 0) is 12.6 Å². The number of carboxylic acids is 2. The van der Waals surface area contributed by atoms with Gasteiger partial charge < -0.3 is 15.1 Å². The molecule has 6 heteroatoms. The third-order valence-electron chi connectivity index (χ3n) is 3.25. The van der Waals surface area contributed by atoms with Crippen molar-refractivity contribution in [3.05, 3.63) is 42.0 Å². The highest BCUT2D eigenvalue weighted by molar-refractivity contribution is 6.27. The molecule has 6 nitrogen and oxygen atoms in total. The average Bonchev–Trinajstić information content (AvgIpc) is 2.51. The fraction of sp³-hybridized carbons (Fsp3) is 0.375. The number of hydrogen-bond acceptors (Lipinski definition) is 4. The predicted octanol–water partition coefficient (Wildman–Crippen LogP) is 1.10. The molecule has 0 atom stereocenters. The summed E-state index contributed by atoms with van der Waals surface area (Å²) >= 11 is 0. The van der Waals surface area contributed by atoms with Crippen LogP contribution in [0.2, 0.25) is 0 Å². The number of carbonyl (C=O) groups is 2. The maximum Gasteiger partial charge on any atom is 0.414 e. The van der Waals surface area contributed by atoms with Crippen LogP contribution in [0.25, 0.3) is 6.08 Å². The topological polar surface area (TPSA) is 81.1 Å². The molecule has 1 aliphatic rings. The molecule has 0 spiro atoms. The highest BCUT2D eigenvalue weighted by atomic mass is 16.4. The number of carboxylic acid groups (broad SMARTS) is 2. The van der Waals surface area contributed by atoms with Gasteiger partial charge >= 0.3 is 11.9 Å². The normalized spacial score (nSPS) is 16.0. The number of benzene rings is 1. The van der Waals surface area contributed by atoms with Crippen molar-refractivity contribution in [1.29, 1.82) is 0 Å². The molecule has 0 saturated carbocycles. The Bertz CT molecular complexity index is 482. The molecule has 22 heavy (non-hydrogen) atoms. The molecule has 1 aromatic carbocycles. The van der Waals surface area contributed by atoms with Crippen molar-refractivity contribution >= 4 is 18.0 Å². The van der Waals surface area contributed by atoms with Crippen LogP contribution < -0.4 is 0 Å². The van der Waals surface area contributed by atoms with Crippen molar-refractivity contribution < 1.29 is 19.8 Å². The Morgan fingerprint density at radius 2 is 1.59 bits per heavy atom. The zero-order chi connectivity index (χ0) is 16.4. The van der Waals surface area contributed by atoms with E-state index in [-0.39, 0.29) is 0 Å². The molecule has 1 aliphatic heterocycles. The van der Waals surface area contributed by atoms with E-state index in [2.05, 4.69) is 59.3 Å². The van der Waals surface area contributed by atoms with Crippen molar-refractivity contribution in [3.8, 4) is 0 Å². The van der Waals surface area contributed by atoms with Gasteiger partial charge in [-0.2, -0.15) is 0 Å². The lowest BCUT2D eigenvalue weighted by molar-refractivity contribution is -0.159. The second kappa shape index (κ2) is 9.70. The lowest BCUT2D eigenvalue weighted by atomic mass is 10.2. The lowest BCUT2D eigenvalue weighted by Crippen LogP contribution is -2.44. The van der Waals surface area contributed by atoms with Crippen molar-refractivity contribution in [2.45, 2.75) is 0 Å². The van der Waals surface area contributed by atoms with Crippen molar-refractivity contribution in [3.63, 3.8) is 0 Å². The molecule has 1 heterocycles. The van der Waals surface area contributed by atoms with E-state index in [0.29, 0.717) is 0 Å². The van der Waals surface area contributed by atoms with Gasteiger partial charge in [0.1, 0.15) is 0 Å². The number of nitrogens with zero attached hydrogens (tertiary/aromatic N) is 2. The first kappa shape index (κ1) is 17.9. The molecule has 1 aromatic rings. The van der Waals surface area contributed by atoms with Crippen LogP contribution in [0.1, 0.15) is 5.56 Å². The van der Waals surface area contributed by atoms with Gasteiger partial charge in [0.25, 0.3) is 0 Å². The van der Waals surface area contributed by atoms with Gasteiger partial charge in [0, 0.05) is 32.7 Å². The first-order valence-electron chi connectivity index (χ1n) is 7.07. The molecule has 0 unspecified atom stereocenters. The van der Waals surface area contributed by atoms with E-state index < -0.39 is 11.9 Å². The van der Waals surface area contributed by atoms with E-state index in [0.717, 1.165) is 6.54 Å². The lowest BCUT2D eigenvalue weighted by Gasteiger charge is -2.31. The predicted molar refractivity (Wildman–Crippen MR) is 84.7 cm³/mol. The molecule has 1 saturated heterocycles. The van der Waals surface area contributed by atoms with Crippen molar-refractivity contribution in [1.82, 2.24) is 9.80 Å². The number of aliphatic carboxylic acids is 2. The first-order chi connectivity index (χ1) is 10.5. The van der Waals surface area contributed by atoms with Crippen LogP contribution in [0.5, 0.6) is 0 Å². The third kappa shape index (κ3) is 7.56. The molecule has 0 bridgehead atoms. The van der Waals surface area contributed by atoms with Gasteiger partial charge in [-0.25, -0.2) is 9.59 Å². The summed E-state index contributed by atoms with van der Waals surface area (Å²) in [5.41, 5.74) is 1.29. The summed E-state index contributed by atoms with van der Waals surface area (Å²) in [5, 5.41) is 14.8. The Kier molecular flexibility index (Phi) is 7.88. The van der Waals surface area contributed by atoms with Gasteiger partial charge in [-0.1, -0.05) is 42.5 Å². The van der Waals surface area contributed by atoms with E-state index in [1.54, 1.807) is 0 Å². The Hall–Kier alpha value is -2.18. The van der Waals surface area contributed by atoms with Crippen LogP contribution in [0.15, 0.2) is 36.4 Å². The van der Waals surface area contributed by atoms with Crippen LogP contribution in [-0.4, -0.2) is 71.7 Å². The SMILES string of the molecule is CN1CCN(C/C=C/c2ccccc2)CC1.O=C(O)C(=O)O. The molecule has 0 aliphatic carbocycles. The molecule has 2 rings (SSSR count). The summed E-state index contributed by atoms with van der Waals surface area (Å²) in [7, 11) is 2.19. The van der Waals surface area contributed by atoms with Crippen LogP contribution in [-0.2, 0) is 9.59 Å². The van der Waals surface area contributed by atoms with Crippen molar-refractivity contribution in [2.75, 3.05) is 39.8 Å². The third-order valence-corrected chi connectivity index (χ3v) is 3.25. The summed E-state index contributed by atoms with van der Waals surface area (Å²) < 4.78 is 0. The van der Waals surface area contributed by atoms with Gasteiger partial charge in [-0.3, -0.25) is 4.90 Å². The summed E-state index contributed by atoms with van der Waals surface area (Å²) in [4.78, 5) is 23.1. The van der Waals surface area contributed by atoms with Gasteiger partial charge in [-0.15, -0.1) is 0 Å². The summed E-state index contributed by atoms with van der Waals surface area (Å²) in [6.07, 6.45) is 4.47. The van der Waals surface area contributed by atoms with Gasteiger partial charge in [0.2, 0.25) is 0 Å². The Balaban J connectivity index is 0.000000346. The van der Waals surface area contributed by atoms with E-state index in [1.807, 2.05) is 0 Å². The second-order valence-electron chi connectivity index (χ2n) is 5.03. The molecular weight excluding hydrogens is 284 g/mol. The highest BCUT2D eigenvalue weighted by Crippen LogP contribution is 2.03. The molecule has 120 valence electrons. The minimum Gasteiger partial charge on any atom is -0.473 e. The van der Waals surface area contributed by atoms with Crippen LogP contribution in [0.4, 0.5) is 0 Å². The Labute approximate surface area is 130 Å². The highest BCUT2D eigenvalue weighted by Gasteiger charge is 2.11. The number of rotatable bonds is 3. The number of hydrogen-bond donors (Lipinski definition) is 2. The fourth-order valence-electron chi connectivity index (χ4n) is 1.93. The molecule has 0 radical (unpaired) electrons. The van der Waals surface area contributed by atoms with E-state index >= 15 is 0 Å². The minimum atomic E-state index is -1.82. The maximum atomic E-state index is 9.10. The smallest absolute Gasteiger partial charge is 0.414 e. The van der Waals surface area contributed by atoms with Crippen molar-refractivity contribution in [2.24, 2.45) is 0 Å². The largest absolute Gasteiger partial charge is 0.473 e. The monoisotopic (exact) mass is 306 g/mol. The Morgan fingerprint density at radius 3 is 2.09 bits per heavy atom. The van der Waals surface area contributed by atoms with Crippen LogP contribution >= 0.6 is 0 Å². The molecule has 0 amide bonds. The second-order valence-corrected chi connectivity index (χ2v) is 5.03. The van der Waals surface area contributed by atoms with Gasteiger partial charge in [0.15, 0.2) is 0 Å². The molecular formula is C16H22N2O4. The molecule has 2 N–H and O–H groups in total. The molecule has 1 fully saturated rings. The van der Waals surface area contributed by atoms with E-state index in [1.165, 1.54) is 31.7 Å². The van der Waals surface area contributed by atoms with Crippen LogP contribution in [0, 0.1) is 0 Å². The number of likely N-dealkylation sites (N-methyl/N-ethyl adjacent to an activating group) is 1. The first-order valence-corrected chi connectivity index (χ1v) is 7.07. The zero-order valence-corrected chi connectivity index (χ0v) is 12.7. The summed E-state index contributed by atoms with van der Waals surface area (Å²) in [6, 6.07) is 10.5. The fourth-order valence-corrected chi connectivity index (χ4v) is 1.93. The zero-order valence-electron chi connectivity index (χ0n) is 12.7. The Morgan fingerprint density at radius 1 is 1.05 bits per heavy atom. The molecule has 0 aromatic heterocycles. The quantitative estimate of drug-likeness (QED) is 0.814. The minimum absolute atomic E-state index is 1.07.